The fraction of sp³-hybridized carbons (Fsp3) is 0.200. The molecule has 0 aliphatic carbocycles. The SMILES string of the molecule is Cc1cc(Br)ccc1Oc1ccc(CBr)cc1C. The molecule has 94 valence electrons. The predicted molar refractivity (Wildman–Crippen MR) is 82.8 cm³/mol. The monoisotopic (exact) mass is 368 g/mol. The highest BCUT2D eigenvalue weighted by Gasteiger charge is 2.05. The highest BCUT2D eigenvalue weighted by molar-refractivity contribution is 9.10. The van der Waals surface area contributed by atoms with Gasteiger partial charge in [0.15, 0.2) is 0 Å². The largest absolute Gasteiger partial charge is 0.457 e. The Kier molecular flexibility index (Phi) is 4.46. The van der Waals surface area contributed by atoms with Crippen LogP contribution in [0.15, 0.2) is 40.9 Å². The molecule has 0 aromatic heterocycles. The summed E-state index contributed by atoms with van der Waals surface area (Å²) in [7, 11) is 0. The van der Waals surface area contributed by atoms with E-state index in [1.165, 1.54) is 5.56 Å². The number of benzene rings is 2. The molecule has 2 aromatic carbocycles. The first-order valence-electron chi connectivity index (χ1n) is 5.69. The highest BCUT2D eigenvalue weighted by Crippen LogP contribution is 2.30. The minimum absolute atomic E-state index is 0.866. The number of rotatable bonds is 3. The van der Waals surface area contributed by atoms with Crippen LogP contribution in [-0.4, -0.2) is 0 Å². The maximum atomic E-state index is 5.96. The molecule has 0 aliphatic rings. The molecule has 0 unspecified atom stereocenters. The molecule has 0 saturated carbocycles. The van der Waals surface area contributed by atoms with Gasteiger partial charge in [-0.15, -0.1) is 0 Å². The second-order valence-corrected chi connectivity index (χ2v) is 5.72. The van der Waals surface area contributed by atoms with Gasteiger partial charge in [0.2, 0.25) is 0 Å². The molecular formula is C15H14Br2O. The van der Waals surface area contributed by atoms with E-state index in [2.05, 4.69) is 57.0 Å². The van der Waals surface area contributed by atoms with E-state index in [0.29, 0.717) is 0 Å². The van der Waals surface area contributed by atoms with Crippen LogP contribution < -0.4 is 4.74 Å². The molecule has 2 rings (SSSR count). The lowest BCUT2D eigenvalue weighted by atomic mass is 10.1. The molecule has 0 heterocycles. The summed E-state index contributed by atoms with van der Waals surface area (Å²) in [6.07, 6.45) is 0. The third kappa shape index (κ3) is 3.15. The van der Waals surface area contributed by atoms with Gasteiger partial charge >= 0.3 is 0 Å². The summed E-state index contributed by atoms with van der Waals surface area (Å²) in [6.45, 7) is 4.11. The van der Waals surface area contributed by atoms with Crippen LogP contribution in [0.25, 0.3) is 0 Å². The lowest BCUT2D eigenvalue weighted by Crippen LogP contribution is -1.91. The maximum absolute atomic E-state index is 5.96. The van der Waals surface area contributed by atoms with E-state index in [-0.39, 0.29) is 0 Å². The van der Waals surface area contributed by atoms with Crippen LogP contribution in [-0.2, 0) is 5.33 Å². The first-order valence-corrected chi connectivity index (χ1v) is 7.61. The minimum Gasteiger partial charge on any atom is -0.457 e. The lowest BCUT2D eigenvalue weighted by Gasteiger charge is -2.12. The average Bonchev–Trinajstić information content (AvgIpc) is 2.34. The van der Waals surface area contributed by atoms with Crippen LogP contribution in [0.1, 0.15) is 16.7 Å². The maximum Gasteiger partial charge on any atom is 0.130 e. The number of ether oxygens (including phenoxy) is 1. The predicted octanol–water partition coefficient (Wildman–Crippen LogP) is 5.75. The van der Waals surface area contributed by atoms with E-state index in [9.17, 15) is 0 Å². The Balaban J connectivity index is 2.28. The smallest absolute Gasteiger partial charge is 0.130 e. The Morgan fingerprint density at radius 1 is 0.944 bits per heavy atom. The Bertz CT molecular complexity index is 564. The summed E-state index contributed by atoms with van der Waals surface area (Å²) in [5.74, 6) is 1.80. The zero-order valence-electron chi connectivity index (χ0n) is 10.3. The van der Waals surface area contributed by atoms with E-state index >= 15 is 0 Å². The quantitative estimate of drug-likeness (QED) is 0.625. The Hall–Kier alpha value is -0.800. The van der Waals surface area contributed by atoms with Crippen LogP contribution in [0.2, 0.25) is 0 Å². The van der Waals surface area contributed by atoms with Crippen molar-refractivity contribution in [3.63, 3.8) is 0 Å². The molecule has 0 spiro atoms. The molecule has 0 aliphatic heterocycles. The zero-order valence-corrected chi connectivity index (χ0v) is 13.5. The Morgan fingerprint density at radius 2 is 1.56 bits per heavy atom. The van der Waals surface area contributed by atoms with Crippen molar-refractivity contribution in [3.8, 4) is 11.5 Å². The van der Waals surface area contributed by atoms with E-state index < -0.39 is 0 Å². The normalized spacial score (nSPS) is 10.4. The molecule has 0 atom stereocenters. The number of aryl methyl sites for hydroxylation is 2. The topological polar surface area (TPSA) is 9.23 Å². The number of halogens is 2. The van der Waals surface area contributed by atoms with Crippen molar-refractivity contribution in [1.82, 2.24) is 0 Å². The average molecular weight is 370 g/mol. The Morgan fingerprint density at radius 3 is 2.11 bits per heavy atom. The van der Waals surface area contributed by atoms with Gasteiger partial charge < -0.3 is 4.74 Å². The van der Waals surface area contributed by atoms with Crippen molar-refractivity contribution < 1.29 is 4.74 Å². The molecule has 0 radical (unpaired) electrons. The van der Waals surface area contributed by atoms with Gasteiger partial charge in [-0.25, -0.2) is 0 Å². The van der Waals surface area contributed by atoms with Gasteiger partial charge in [0.1, 0.15) is 11.5 Å². The van der Waals surface area contributed by atoms with Crippen LogP contribution in [0.4, 0.5) is 0 Å². The van der Waals surface area contributed by atoms with Gasteiger partial charge in [0.05, 0.1) is 0 Å². The summed E-state index contributed by atoms with van der Waals surface area (Å²) in [4.78, 5) is 0. The first kappa shape index (κ1) is 13.6. The molecule has 0 fully saturated rings. The number of hydrogen-bond donors (Lipinski definition) is 0. The lowest BCUT2D eigenvalue weighted by molar-refractivity contribution is 0.475. The van der Waals surface area contributed by atoms with Crippen molar-refractivity contribution in [2.45, 2.75) is 19.2 Å². The third-order valence-corrected chi connectivity index (χ3v) is 3.89. The number of alkyl halides is 1. The van der Waals surface area contributed by atoms with Gasteiger partial charge in [-0.05, 0) is 54.8 Å². The van der Waals surface area contributed by atoms with Gasteiger partial charge in [0.25, 0.3) is 0 Å². The third-order valence-electron chi connectivity index (χ3n) is 2.75. The van der Waals surface area contributed by atoms with Gasteiger partial charge in [-0.2, -0.15) is 0 Å². The summed E-state index contributed by atoms with van der Waals surface area (Å²) < 4.78 is 7.03. The number of hydrogen-bond acceptors (Lipinski definition) is 1. The molecular weight excluding hydrogens is 356 g/mol. The summed E-state index contributed by atoms with van der Waals surface area (Å²) in [5.41, 5.74) is 3.52. The van der Waals surface area contributed by atoms with Crippen molar-refractivity contribution >= 4 is 31.9 Å². The zero-order chi connectivity index (χ0) is 13.1. The van der Waals surface area contributed by atoms with Crippen LogP contribution in [0.3, 0.4) is 0 Å². The second kappa shape index (κ2) is 5.89. The summed E-state index contributed by atoms with van der Waals surface area (Å²) in [5, 5.41) is 0.866. The Labute approximate surface area is 124 Å². The van der Waals surface area contributed by atoms with Crippen LogP contribution in [0.5, 0.6) is 11.5 Å². The molecule has 2 aromatic rings. The van der Waals surface area contributed by atoms with Gasteiger partial charge in [0, 0.05) is 9.80 Å². The van der Waals surface area contributed by atoms with Crippen molar-refractivity contribution in [1.29, 1.82) is 0 Å². The minimum atomic E-state index is 0.866. The van der Waals surface area contributed by atoms with Crippen LogP contribution in [0, 0.1) is 13.8 Å². The van der Waals surface area contributed by atoms with Crippen LogP contribution >= 0.6 is 31.9 Å². The fourth-order valence-electron chi connectivity index (χ4n) is 1.75. The molecule has 0 bridgehead atoms. The molecule has 0 amide bonds. The van der Waals surface area contributed by atoms with Crippen molar-refractivity contribution in [2.75, 3.05) is 0 Å². The van der Waals surface area contributed by atoms with Gasteiger partial charge in [-0.3, -0.25) is 0 Å². The molecule has 3 heteroatoms. The van der Waals surface area contributed by atoms with E-state index in [1.54, 1.807) is 0 Å². The van der Waals surface area contributed by atoms with Gasteiger partial charge in [-0.1, -0.05) is 44.0 Å². The first-order chi connectivity index (χ1) is 8.60. The molecule has 18 heavy (non-hydrogen) atoms. The second-order valence-electron chi connectivity index (χ2n) is 4.25. The van der Waals surface area contributed by atoms with E-state index in [1.807, 2.05) is 25.1 Å². The molecule has 0 N–H and O–H groups in total. The van der Waals surface area contributed by atoms with Crippen molar-refractivity contribution in [2.24, 2.45) is 0 Å². The fourth-order valence-corrected chi connectivity index (χ4v) is 2.58. The van der Waals surface area contributed by atoms with E-state index in [0.717, 1.165) is 32.4 Å². The van der Waals surface area contributed by atoms with E-state index in [4.69, 9.17) is 4.74 Å². The standard InChI is InChI=1S/C15H14Br2O/c1-10-7-12(9-16)3-5-14(10)18-15-6-4-13(17)8-11(15)2/h3-8H,9H2,1-2H3. The summed E-state index contributed by atoms with van der Waals surface area (Å²) in [6, 6.07) is 12.3. The summed E-state index contributed by atoms with van der Waals surface area (Å²) >= 11 is 6.91. The molecule has 1 nitrogen and oxygen atoms in total. The van der Waals surface area contributed by atoms with Crippen molar-refractivity contribution in [3.05, 3.63) is 57.6 Å². The highest BCUT2D eigenvalue weighted by atomic mass is 79.9. The molecule has 0 saturated heterocycles.